The summed E-state index contributed by atoms with van der Waals surface area (Å²) in [7, 11) is 0. The third kappa shape index (κ3) is 4.56. The molecule has 1 atom stereocenters. The summed E-state index contributed by atoms with van der Waals surface area (Å²) in [6.45, 7) is 3.68. The fourth-order valence-electron chi connectivity index (χ4n) is 4.23. The highest BCUT2D eigenvalue weighted by Gasteiger charge is 2.33. The molecular weight excluding hydrogens is 492 g/mol. The molecule has 186 valence electrons. The first-order chi connectivity index (χ1) is 17.9. The molecule has 0 saturated carbocycles. The van der Waals surface area contributed by atoms with E-state index in [1.807, 2.05) is 30.3 Å². The van der Waals surface area contributed by atoms with E-state index in [9.17, 15) is 19.5 Å². The van der Waals surface area contributed by atoms with E-state index in [-0.39, 0.29) is 17.7 Å². The number of benzene rings is 2. The lowest BCUT2D eigenvalue weighted by atomic mass is 9.96. The van der Waals surface area contributed by atoms with Gasteiger partial charge in [-0.15, -0.1) is 0 Å². The first-order valence-electron chi connectivity index (χ1n) is 11.5. The molecular formula is C28H21N2O6S-. The standard InChI is InChI=1S/C28H22N2O6S/c1-3-35-27(34)23-16(2)29-28-30(24(23)18-7-5-4-6-8-18)25(31)22(37-28)15-20-13-14-21(36-20)17-9-11-19(12-10-17)26(32)33/h4-15,24H,3H2,1-2H3,(H,32,33)/p-1/b22-15+/t24-/m1/s1. The van der Waals surface area contributed by atoms with Gasteiger partial charge in [-0.05, 0) is 37.1 Å². The number of ether oxygens (including phenoxy) is 1. The maximum absolute atomic E-state index is 13.6. The molecule has 0 radical (unpaired) electrons. The lowest BCUT2D eigenvalue weighted by molar-refractivity contribution is -0.255. The Morgan fingerprint density at radius 1 is 1.11 bits per heavy atom. The summed E-state index contributed by atoms with van der Waals surface area (Å²) in [6, 6.07) is 18.2. The van der Waals surface area contributed by atoms with Crippen molar-refractivity contribution in [3.05, 3.63) is 115 Å². The van der Waals surface area contributed by atoms with Gasteiger partial charge in [0.05, 0.1) is 34.4 Å². The number of nitrogens with zero attached hydrogens (tertiary/aromatic N) is 2. The zero-order valence-electron chi connectivity index (χ0n) is 20.0. The average Bonchev–Trinajstić information content (AvgIpc) is 3.48. The van der Waals surface area contributed by atoms with Crippen LogP contribution < -0.4 is 20.0 Å². The van der Waals surface area contributed by atoms with Crippen LogP contribution in [-0.4, -0.2) is 23.1 Å². The van der Waals surface area contributed by atoms with E-state index in [4.69, 9.17) is 9.15 Å². The average molecular weight is 514 g/mol. The molecule has 37 heavy (non-hydrogen) atoms. The number of fused-ring (bicyclic) bond motifs is 1. The zero-order chi connectivity index (χ0) is 26.1. The molecule has 8 nitrogen and oxygen atoms in total. The van der Waals surface area contributed by atoms with Crippen molar-refractivity contribution in [2.75, 3.05) is 6.61 Å². The number of carbonyl (C=O) groups is 2. The fourth-order valence-corrected chi connectivity index (χ4v) is 5.25. The molecule has 0 bridgehead atoms. The van der Waals surface area contributed by atoms with Gasteiger partial charge in [-0.25, -0.2) is 9.79 Å². The molecule has 0 fully saturated rings. The second-order valence-electron chi connectivity index (χ2n) is 8.28. The van der Waals surface area contributed by atoms with E-state index in [1.54, 1.807) is 44.2 Å². The molecule has 0 amide bonds. The quantitative estimate of drug-likeness (QED) is 0.366. The van der Waals surface area contributed by atoms with Gasteiger partial charge >= 0.3 is 5.97 Å². The number of hydrogen-bond acceptors (Lipinski definition) is 8. The monoisotopic (exact) mass is 513 g/mol. The molecule has 1 aliphatic heterocycles. The van der Waals surface area contributed by atoms with E-state index < -0.39 is 18.0 Å². The smallest absolute Gasteiger partial charge is 0.338 e. The molecule has 5 rings (SSSR count). The van der Waals surface area contributed by atoms with Crippen molar-refractivity contribution in [2.24, 2.45) is 4.99 Å². The number of thiazole rings is 1. The Labute approximate surface area is 215 Å². The highest BCUT2D eigenvalue weighted by atomic mass is 32.1. The van der Waals surface area contributed by atoms with Crippen LogP contribution in [0.5, 0.6) is 0 Å². The SMILES string of the molecule is CCOC(=O)C1=C(C)N=c2s/c(=C/c3ccc(-c4ccc(C(=O)[O-])cc4)o3)c(=O)n2[C@@H]1c1ccccc1. The molecule has 2 aromatic carbocycles. The van der Waals surface area contributed by atoms with Crippen molar-refractivity contribution in [2.45, 2.75) is 19.9 Å². The molecule has 4 aromatic rings. The highest BCUT2D eigenvalue weighted by molar-refractivity contribution is 7.07. The summed E-state index contributed by atoms with van der Waals surface area (Å²) in [4.78, 5) is 42.5. The zero-order valence-corrected chi connectivity index (χ0v) is 20.8. The number of carbonyl (C=O) groups excluding carboxylic acids is 2. The third-order valence-electron chi connectivity index (χ3n) is 5.94. The Bertz CT molecular complexity index is 1710. The van der Waals surface area contributed by atoms with Crippen molar-refractivity contribution in [3.8, 4) is 11.3 Å². The normalized spacial score (nSPS) is 15.3. The summed E-state index contributed by atoms with van der Waals surface area (Å²) in [5.41, 5.74) is 2.05. The second kappa shape index (κ2) is 9.87. The maximum Gasteiger partial charge on any atom is 0.338 e. The van der Waals surface area contributed by atoms with Crippen molar-refractivity contribution < 1.29 is 23.8 Å². The molecule has 9 heteroatoms. The van der Waals surface area contributed by atoms with Crippen LogP contribution >= 0.6 is 11.3 Å². The molecule has 0 unspecified atom stereocenters. The van der Waals surface area contributed by atoms with E-state index in [0.717, 1.165) is 5.56 Å². The Hall–Kier alpha value is -4.50. The van der Waals surface area contributed by atoms with Crippen LogP contribution in [0.2, 0.25) is 0 Å². The van der Waals surface area contributed by atoms with Gasteiger partial charge in [0.25, 0.3) is 5.56 Å². The van der Waals surface area contributed by atoms with Gasteiger partial charge in [-0.3, -0.25) is 9.36 Å². The van der Waals surface area contributed by atoms with Crippen LogP contribution in [-0.2, 0) is 9.53 Å². The number of aromatic carboxylic acids is 1. The Morgan fingerprint density at radius 2 is 1.84 bits per heavy atom. The number of aromatic nitrogens is 1. The lowest BCUT2D eigenvalue weighted by Gasteiger charge is -2.24. The van der Waals surface area contributed by atoms with Crippen LogP contribution in [0.15, 0.2) is 92.2 Å². The van der Waals surface area contributed by atoms with Crippen molar-refractivity contribution >= 4 is 29.4 Å². The van der Waals surface area contributed by atoms with Gasteiger partial charge in [0, 0.05) is 11.6 Å². The summed E-state index contributed by atoms with van der Waals surface area (Å²) < 4.78 is 13.1. The highest BCUT2D eigenvalue weighted by Crippen LogP contribution is 2.30. The molecule has 2 aromatic heterocycles. The second-order valence-corrected chi connectivity index (χ2v) is 9.29. The number of carboxylic acid groups (broad SMARTS) is 1. The van der Waals surface area contributed by atoms with E-state index in [2.05, 4.69) is 4.99 Å². The van der Waals surface area contributed by atoms with E-state index >= 15 is 0 Å². The van der Waals surface area contributed by atoms with Crippen LogP contribution in [0.1, 0.15) is 41.6 Å². The van der Waals surface area contributed by atoms with Crippen molar-refractivity contribution in [1.82, 2.24) is 4.57 Å². The molecule has 0 spiro atoms. The maximum atomic E-state index is 13.6. The Balaban J connectivity index is 1.59. The van der Waals surface area contributed by atoms with Crippen molar-refractivity contribution in [1.29, 1.82) is 0 Å². The topological polar surface area (TPSA) is 114 Å². The first-order valence-corrected chi connectivity index (χ1v) is 12.3. The molecule has 0 N–H and O–H groups in total. The summed E-state index contributed by atoms with van der Waals surface area (Å²) >= 11 is 1.21. The minimum Gasteiger partial charge on any atom is -0.545 e. The van der Waals surface area contributed by atoms with Crippen LogP contribution in [0.3, 0.4) is 0 Å². The molecule has 3 heterocycles. The minimum atomic E-state index is -1.25. The van der Waals surface area contributed by atoms with Gasteiger partial charge in [0.15, 0.2) is 4.80 Å². The van der Waals surface area contributed by atoms with Crippen LogP contribution in [0, 0.1) is 0 Å². The Morgan fingerprint density at radius 3 is 2.51 bits per heavy atom. The number of hydrogen-bond donors (Lipinski definition) is 0. The molecule has 0 aliphatic carbocycles. The summed E-state index contributed by atoms with van der Waals surface area (Å²) in [5, 5.41) is 11.0. The molecule has 1 aliphatic rings. The van der Waals surface area contributed by atoms with Gasteiger partial charge in [-0.1, -0.05) is 65.9 Å². The third-order valence-corrected chi connectivity index (χ3v) is 6.92. The van der Waals surface area contributed by atoms with Gasteiger partial charge in [0.2, 0.25) is 0 Å². The van der Waals surface area contributed by atoms with E-state index in [0.29, 0.717) is 37.7 Å². The van der Waals surface area contributed by atoms with Crippen LogP contribution in [0.25, 0.3) is 17.4 Å². The molecule has 0 saturated heterocycles. The van der Waals surface area contributed by atoms with Crippen LogP contribution in [0.4, 0.5) is 0 Å². The number of furan rings is 1. The van der Waals surface area contributed by atoms with Gasteiger partial charge < -0.3 is 19.1 Å². The summed E-state index contributed by atoms with van der Waals surface area (Å²) in [6.07, 6.45) is 1.63. The van der Waals surface area contributed by atoms with Gasteiger partial charge in [-0.2, -0.15) is 0 Å². The summed E-state index contributed by atoms with van der Waals surface area (Å²) in [5.74, 6) is -0.794. The number of carboxylic acids is 1. The first kappa shape index (κ1) is 24.2. The number of esters is 1. The van der Waals surface area contributed by atoms with E-state index in [1.165, 1.54) is 28.0 Å². The van der Waals surface area contributed by atoms with Gasteiger partial charge in [0.1, 0.15) is 11.5 Å². The van der Waals surface area contributed by atoms with Crippen molar-refractivity contribution in [3.63, 3.8) is 0 Å². The number of allylic oxidation sites excluding steroid dienone is 1. The lowest BCUT2D eigenvalue weighted by Crippen LogP contribution is -2.39. The predicted octanol–water partition coefficient (Wildman–Crippen LogP) is 2.42. The number of rotatable bonds is 6. The fraction of sp³-hybridized carbons (Fsp3) is 0.143. The predicted molar refractivity (Wildman–Crippen MR) is 135 cm³/mol. The largest absolute Gasteiger partial charge is 0.545 e. The minimum absolute atomic E-state index is 0.0714. The Kier molecular flexibility index (Phi) is 6.45.